The molecule has 0 aliphatic rings. The Kier molecular flexibility index (Phi) is 5.59. The summed E-state index contributed by atoms with van der Waals surface area (Å²) in [6, 6.07) is 2.71. The molecule has 1 rings (SSSR count). The molecule has 0 aromatic heterocycles. The molecule has 0 heterocycles. The van der Waals surface area contributed by atoms with Crippen molar-refractivity contribution in [1.82, 2.24) is 0 Å². The number of rotatable bonds is 4. The second kappa shape index (κ2) is 6.58. The average Bonchev–Trinajstić information content (AvgIpc) is 2.37. The molecule has 3 nitrogen and oxygen atoms in total. The summed E-state index contributed by atoms with van der Waals surface area (Å²) >= 11 is 2.98. The molecule has 2 atom stereocenters. The molecule has 1 aromatic rings. The van der Waals surface area contributed by atoms with Crippen molar-refractivity contribution in [2.24, 2.45) is 11.7 Å². The second-order valence-electron chi connectivity index (χ2n) is 4.59. The van der Waals surface area contributed by atoms with E-state index in [0.717, 1.165) is 6.07 Å². The van der Waals surface area contributed by atoms with Crippen LogP contribution in [0.15, 0.2) is 22.7 Å². The van der Waals surface area contributed by atoms with Crippen LogP contribution in [0.25, 0.3) is 0 Å². The Bertz CT molecular complexity index is 491. The van der Waals surface area contributed by atoms with Crippen LogP contribution in [0.4, 0.5) is 18.9 Å². The molecule has 0 saturated carbocycles. The minimum atomic E-state index is -4.55. The molecule has 0 fully saturated rings. The lowest BCUT2D eigenvalue weighted by Crippen LogP contribution is -2.41. The predicted molar refractivity (Wildman–Crippen MR) is 75.2 cm³/mol. The zero-order valence-corrected chi connectivity index (χ0v) is 12.7. The van der Waals surface area contributed by atoms with Crippen LogP contribution >= 0.6 is 15.9 Å². The van der Waals surface area contributed by atoms with Gasteiger partial charge in [0, 0.05) is 4.47 Å². The smallest absolute Gasteiger partial charge is 0.324 e. The van der Waals surface area contributed by atoms with Gasteiger partial charge in [0.1, 0.15) is 0 Å². The zero-order chi connectivity index (χ0) is 15.5. The molecular formula is C13H16BrF3N2O. The fourth-order valence-electron chi connectivity index (χ4n) is 1.59. The van der Waals surface area contributed by atoms with Gasteiger partial charge in [0.05, 0.1) is 17.3 Å². The highest BCUT2D eigenvalue weighted by atomic mass is 79.9. The monoisotopic (exact) mass is 352 g/mol. The number of anilines is 1. The van der Waals surface area contributed by atoms with E-state index in [0.29, 0.717) is 6.42 Å². The first kappa shape index (κ1) is 17.0. The molecule has 1 amide bonds. The van der Waals surface area contributed by atoms with Gasteiger partial charge in [-0.05, 0) is 24.1 Å². The fourth-order valence-corrected chi connectivity index (χ4v) is 1.95. The SMILES string of the molecule is CCC(C)C(N)C(=O)Nc1ccc(Br)cc1C(F)(F)F. The van der Waals surface area contributed by atoms with Crippen molar-refractivity contribution in [2.75, 3.05) is 5.32 Å². The third kappa shape index (κ3) is 4.21. The van der Waals surface area contributed by atoms with Crippen LogP contribution in [0.5, 0.6) is 0 Å². The molecule has 0 radical (unpaired) electrons. The largest absolute Gasteiger partial charge is 0.418 e. The Morgan fingerprint density at radius 3 is 2.55 bits per heavy atom. The quantitative estimate of drug-likeness (QED) is 0.866. The number of halogens is 4. The van der Waals surface area contributed by atoms with Gasteiger partial charge in [-0.25, -0.2) is 0 Å². The van der Waals surface area contributed by atoms with E-state index in [1.165, 1.54) is 12.1 Å². The first-order chi connectivity index (χ1) is 9.16. The summed E-state index contributed by atoms with van der Waals surface area (Å²) in [6.45, 7) is 3.63. The van der Waals surface area contributed by atoms with E-state index in [2.05, 4.69) is 21.2 Å². The van der Waals surface area contributed by atoms with Crippen molar-refractivity contribution in [2.45, 2.75) is 32.5 Å². The van der Waals surface area contributed by atoms with E-state index in [4.69, 9.17) is 5.73 Å². The maximum Gasteiger partial charge on any atom is 0.418 e. The summed E-state index contributed by atoms with van der Waals surface area (Å²) in [5, 5.41) is 2.25. The number of hydrogen-bond acceptors (Lipinski definition) is 2. The van der Waals surface area contributed by atoms with E-state index in [1.54, 1.807) is 6.92 Å². The number of carbonyl (C=O) groups is 1. The lowest BCUT2D eigenvalue weighted by atomic mass is 9.99. The number of carbonyl (C=O) groups excluding carboxylic acids is 1. The highest BCUT2D eigenvalue weighted by molar-refractivity contribution is 9.10. The summed E-state index contributed by atoms with van der Waals surface area (Å²) in [7, 11) is 0. The summed E-state index contributed by atoms with van der Waals surface area (Å²) in [5.74, 6) is -0.730. The molecule has 0 aliphatic heterocycles. The van der Waals surface area contributed by atoms with Gasteiger partial charge in [0.2, 0.25) is 5.91 Å². The molecule has 20 heavy (non-hydrogen) atoms. The molecule has 0 saturated heterocycles. The van der Waals surface area contributed by atoms with Crippen LogP contribution in [0.3, 0.4) is 0 Å². The first-order valence-corrected chi connectivity index (χ1v) is 6.89. The van der Waals surface area contributed by atoms with Crippen LogP contribution in [-0.4, -0.2) is 11.9 Å². The van der Waals surface area contributed by atoms with Gasteiger partial charge >= 0.3 is 6.18 Å². The molecule has 1 aromatic carbocycles. The number of nitrogens with two attached hydrogens (primary N) is 1. The molecule has 0 spiro atoms. The first-order valence-electron chi connectivity index (χ1n) is 6.10. The van der Waals surface area contributed by atoms with E-state index >= 15 is 0 Å². The predicted octanol–water partition coefficient (Wildman–Crippen LogP) is 3.78. The van der Waals surface area contributed by atoms with Crippen LogP contribution in [-0.2, 0) is 11.0 Å². The van der Waals surface area contributed by atoms with E-state index < -0.39 is 23.7 Å². The van der Waals surface area contributed by atoms with Crippen molar-refractivity contribution in [3.05, 3.63) is 28.2 Å². The minimum absolute atomic E-state index is 0.111. The number of nitrogens with one attached hydrogen (secondary N) is 1. The number of amides is 1. The third-order valence-corrected chi connectivity index (χ3v) is 3.60. The van der Waals surface area contributed by atoms with Crippen molar-refractivity contribution in [3.8, 4) is 0 Å². The summed E-state index contributed by atoms with van der Waals surface area (Å²) < 4.78 is 39.0. The third-order valence-electron chi connectivity index (χ3n) is 3.10. The maximum absolute atomic E-state index is 12.9. The summed E-state index contributed by atoms with van der Waals surface area (Å²) in [5.41, 5.74) is 4.51. The van der Waals surface area contributed by atoms with Crippen LogP contribution in [0.1, 0.15) is 25.8 Å². The van der Waals surface area contributed by atoms with Crippen molar-refractivity contribution in [1.29, 1.82) is 0 Å². The summed E-state index contributed by atoms with van der Waals surface area (Å²) in [6.07, 6.45) is -3.88. The highest BCUT2D eigenvalue weighted by Gasteiger charge is 2.34. The maximum atomic E-state index is 12.9. The highest BCUT2D eigenvalue weighted by Crippen LogP contribution is 2.36. The Hall–Kier alpha value is -1.08. The van der Waals surface area contributed by atoms with Crippen molar-refractivity contribution in [3.63, 3.8) is 0 Å². The molecular weight excluding hydrogens is 337 g/mol. The molecule has 0 bridgehead atoms. The van der Waals surface area contributed by atoms with Gasteiger partial charge in [-0.15, -0.1) is 0 Å². The van der Waals surface area contributed by atoms with Gasteiger partial charge in [0.25, 0.3) is 0 Å². The van der Waals surface area contributed by atoms with Gasteiger partial charge < -0.3 is 11.1 Å². The van der Waals surface area contributed by atoms with E-state index in [1.807, 2.05) is 6.92 Å². The molecule has 0 aliphatic carbocycles. The zero-order valence-electron chi connectivity index (χ0n) is 11.1. The van der Waals surface area contributed by atoms with Crippen molar-refractivity contribution < 1.29 is 18.0 Å². The van der Waals surface area contributed by atoms with Crippen LogP contribution in [0, 0.1) is 5.92 Å². The summed E-state index contributed by atoms with van der Waals surface area (Å²) in [4.78, 5) is 11.9. The Morgan fingerprint density at radius 2 is 2.05 bits per heavy atom. The van der Waals surface area contributed by atoms with Gasteiger partial charge in [-0.3, -0.25) is 4.79 Å². The second-order valence-corrected chi connectivity index (χ2v) is 5.50. The Balaban J connectivity index is 3.01. The average molecular weight is 353 g/mol. The van der Waals surface area contributed by atoms with Gasteiger partial charge in [0.15, 0.2) is 0 Å². The number of hydrogen-bond donors (Lipinski definition) is 2. The van der Waals surface area contributed by atoms with E-state index in [-0.39, 0.29) is 16.1 Å². The normalized spacial score (nSPS) is 14.8. The fraction of sp³-hybridized carbons (Fsp3) is 0.462. The van der Waals surface area contributed by atoms with Crippen LogP contribution < -0.4 is 11.1 Å². The lowest BCUT2D eigenvalue weighted by molar-refractivity contribution is -0.137. The van der Waals surface area contributed by atoms with E-state index in [9.17, 15) is 18.0 Å². The van der Waals surface area contributed by atoms with Crippen molar-refractivity contribution >= 4 is 27.5 Å². The minimum Gasteiger partial charge on any atom is -0.324 e. The lowest BCUT2D eigenvalue weighted by Gasteiger charge is -2.20. The number of alkyl halides is 3. The topological polar surface area (TPSA) is 55.1 Å². The Morgan fingerprint density at radius 1 is 1.45 bits per heavy atom. The van der Waals surface area contributed by atoms with Gasteiger partial charge in [-0.2, -0.15) is 13.2 Å². The molecule has 3 N–H and O–H groups in total. The van der Waals surface area contributed by atoms with Gasteiger partial charge in [-0.1, -0.05) is 36.2 Å². The molecule has 2 unspecified atom stereocenters. The van der Waals surface area contributed by atoms with Crippen LogP contribution in [0.2, 0.25) is 0 Å². The number of benzene rings is 1. The standard InChI is InChI=1S/C13H16BrF3N2O/c1-3-7(2)11(18)12(20)19-10-5-4-8(14)6-9(10)13(15,16)17/h4-7,11H,3,18H2,1-2H3,(H,19,20). The molecule has 7 heteroatoms. The Labute approximate surface area is 123 Å². The molecule has 112 valence electrons.